The molecule has 1 rings (SSSR count). The Labute approximate surface area is 119 Å². The van der Waals surface area contributed by atoms with E-state index < -0.39 is 6.61 Å². The summed E-state index contributed by atoms with van der Waals surface area (Å²) in [6.07, 6.45) is 3.11. The SMILES string of the molecule is CSCCCNCc1cc(Br)ccc1OC(F)F. The summed E-state index contributed by atoms with van der Waals surface area (Å²) < 4.78 is 29.8. The summed E-state index contributed by atoms with van der Waals surface area (Å²) in [4.78, 5) is 0. The fraction of sp³-hybridized carbons (Fsp3) is 0.500. The lowest BCUT2D eigenvalue weighted by molar-refractivity contribution is -0.0505. The first-order valence-electron chi connectivity index (χ1n) is 5.56. The molecule has 2 nitrogen and oxygen atoms in total. The van der Waals surface area contributed by atoms with Gasteiger partial charge in [0.2, 0.25) is 0 Å². The molecule has 0 amide bonds. The third-order valence-corrected chi connectivity index (χ3v) is 3.45. The van der Waals surface area contributed by atoms with Gasteiger partial charge < -0.3 is 10.1 Å². The van der Waals surface area contributed by atoms with Gasteiger partial charge in [0.1, 0.15) is 5.75 Å². The summed E-state index contributed by atoms with van der Waals surface area (Å²) in [5, 5.41) is 3.22. The van der Waals surface area contributed by atoms with E-state index in [1.165, 1.54) is 0 Å². The lowest BCUT2D eigenvalue weighted by Gasteiger charge is -2.12. The fourth-order valence-corrected chi connectivity index (χ4v) is 2.30. The number of nitrogens with one attached hydrogen (secondary N) is 1. The molecule has 102 valence electrons. The van der Waals surface area contributed by atoms with Crippen LogP contribution in [0.25, 0.3) is 0 Å². The summed E-state index contributed by atoms with van der Waals surface area (Å²) >= 11 is 5.11. The van der Waals surface area contributed by atoms with E-state index in [1.807, 2.05) is 0 Å². The molecule has 0 atom stereocenters. The van der Waals surface area contributed by atoms with Crippen LogP contribution in [0.4, 0.5) is 8.78 Å². The van der Waals surface area contributed by atoms with E-state index in [0.29, 0.717) is 6.54 Å². The van der Waals surface area contributed by atoms with E-state index in [0.717, 1.165) is 28.8 Å². The summed E-state index contributed by atoms with van der Waals surface area (Å²) in [5.41, 5.74) is 0.730. The minimum Gasteiger partial charge on any atom is -0.434 e. The Morgan fingerprint density at radius 2 is 2.22 bits per heavy atom. The predicted molar refractivity (Wildman–Crippen MR) is 75.5 cm³/mol. The molecular weight excluding hydrogens is 324 g/mol. The van der Waals surface area contributed by atoms with Gasteiger partial charge in [0.05, 0.1) is 0 Å². The van der Waals surface area contributed by atoms with Crippen LogP contribution >= 0.6 is 27.7 Å². The van der Waals surface area contributed by atoms with E-state index >= 15 is 0 Å². The molecule has 0 fully saturated rings. The Hall–Kier alpha value is -0.330. The molecule has 0 heterocycles. The second-order valence-electron chi connectivity index (χ2n) is 3.65. The van der Waals surface area contributed by atoms with Crippen molar-refractivity contribution in [3.8, 4) is 5.75 Å². The largest absolute Gasteiger partial charge is 0.434 e. The van der Waals surface area contributed by atoms with Crippen molar-refractivity contribution in [2.24, 2.45) is 0 Å². The Bertz CT molecular complexity index is 366. The first-order chi connectivity index (χ1) is 8.63. The molecule has 0 aliphatic heterocycles. The topological polar surface area (TPSA) is 21.3 Å². The van der Waals surface area contributed by atoms with Crippen molar-refractivity contribution in [1.82, 2.24) is 5.32 Å². The molecule has 0 spiro atoms. The van der Waals surface area contributed by atoms with Crippen LogP contribution in [0.2, 0.25) is 0 Å². The van der Waals surface area contributed by atoms with Crippen LogP contribution in [0.15, 0.2) is 22.7 Å². The van der Waals surface area contributed by atoms with E-state index in [4.69, 9.17) is 0 Å². The zero-order chi connectivity index (χ0) is 13.4. The highest BCUT2D eigenvalue weighted by molar-refractivity contribution is 9.10. The monoisotopic (exact) mass is 339 g/mol. The van der Waals surface area contributed by atoms with Crippen LogP contribution < -0.4 is 10.1 Å². The molecular formula is C12H16BrF2NOS. The van der Waals surface area contributed by atoms with Gasteiger partial charge in [-0.05, 0) is 43.2 Å². The maximum absolute atomic E-state index is 12.2. The van der Waals surface area contributed by atoms with Gasteiger partial charge in [0.25, 0.3) is 0 Å². The summed E-state index contributed by atoms with van der Waals surface area (Å²) in [6, 6.07) is 5.03. The number of ether oxygens (including phenoxy) is 1. The molecule has 1 aromatic rings. The quantitative estimate of drug-likeness (QED) is 0.726. The highest BCUT2D eigenvalue weighted by Gasteiger charge is 2.09. The third-order valence-electron chi connectivity index (χ3n) is 2.26. The average molecular weight is 340 g/mol. The number of thioether (sulfide) groups is 1. The van der Waals surface area contributed by atoms with Gasteiger partial charge in [0, 0.05) is 16.6 Å². The predicted octanol–water partition coefficient (Wildman–Crippen LogP) is 3.89. The summed E-state index contributed by atoms with van der Waals surface area (Å²) in [6.45, 7) is -1.40. The lowest BCUT2D eigenvalue weighted by atomic mass is 10.2. The minimum atomic E-state index is -2.79. The van der Waals surface area contributed by atoms with Crippen molar-refractivity contribution in [3.05, 3.63) is 28.2 Å². The van der Waals surface area contributed by atoms with Gasteiger partial charge in [-0.1, -0.05) is 15.9 Å². The number of benzene rings is 1. The molecule has 1 aromatic carbocycles. The number of rotatable bonds is 8. The molecule has 6 heteroatoms. The van der Waals surface area contributed by atoms with Crippen LogP contribution in [0.5, 0.6) is 5.75 Å². The Balaban J connectivity index is 2.53. The van der Waals surface area contributed by atoms with Crippen molar-refractivity contribution < 1.29 is 13.5 Å². The zero-order valence-electron chi connectivity index (χ0n) is 10.1. The van der Waals surface area contributed by atoms with Crippen molar-refractivity contribution in [1.29, 1.82) is 0 Å². The molecule has 0 aliphatic rings. The van der Waals surface area contributed by atoms with E-state index in [1.54, 1.807) is 30.0 Å². The highest BCUT2D eigenvalue weighted by Crippen LogP contribution is 2.24. The van der Waals surface area contributed by atoms with Crippen molar-refractivity contribution in [3.63, 3.8) is 0 Å². The summed E-state index contributed by atoms with van der Waals surface area (Å²) in [5.74, 6) is 1.32. The van der Waals surface area contributed by atoms with Gasteiger partial charge >= 0.3 is 6.61 Å². The van der Waals surface area contributed by atoms with Crippen LogP contribution in [0.1, 0.15) is 12.0 Å². The van der Waals surface area contributed by atoms with Gasteiger partial charge in [-0.15, -0.1) is 0 Å². The normalized spacial score (nSPS) is 10.9. The van der Waals surface area contributed by atoms with E-state index in [-0.39, 0.29) is 5.75 Å². The van der Waals surface area contributed by atoms with Crippen molar-refractivity contribution >= 4 is 27.7 Å². The van der Waals surface area contributed by atoms with Crippen molar-refractivity contribution in [2.45, 2.75) is 19.6 Å². The zero-order valence-corrected chi connectivity index (χ0v) is 12.5. The minimum absolute atomic E-state index is 0.227. The second kappa shape index (κ2) is 8.72. The number of hydrogen-bond acceptors (Lipinski definition) is 3. The Morgan fingerprint density at radius 1 is 1.44 bits per heavy atom. The fourth-order valence-electron chi connectivity index (χ4n) is 1.46. The van der Waals surface area contributed by atoms with Crippen molar-refractivity contribution in [2.75, 3.05) is 18.6 Å². The second-order valence-corrected chi connectivity index (χ2v) is 5.55. The maximum atomic E-state index is 12.2. The third kappa shape index (κ3) is 6.02. The van der Waals surface area contributed by atoms with Gasteiger partial charge in [-0.25, -0.2) is 0 Å². The molecule has 0 aromatic heterocycles. The highest BCUT2D eigenvalue weighted by atomic mass is 79.9. The van der Waals surface area contributed by atoms with Crippen LogP contribution in [0.3, 0.4) is 0 Å². The van der Waals surface area contributed by atoms with Gasteiger partial charge in [0.15, 0.2) is 0 Å². The van der Waals surface area contributed by atoms with E-state index in [2.05, 4.69) is 32.2 Å². The average Bonchev–Trinajstić information content (AvgIpc) is 2.31. The standard InChI is InChI=1S/C12H16BrF2NOS/c1-18-6-2-5-16-8-9-7-10(13)3-4-11(9)17-12(14)15/h3-4,7,12,16H,2,5-6,8H2,1H3. The smallest absolute Gasteiger partial charge is 0.387 e. The van der Waals surface area contributed by atoms with Crippen LogP contribution in [0, 0.1) is 0 Å². The number of alkyl halides is 2. The molecule has 0 unspecified atom stereocenters. The molecule has 0 saturated carbocycles. The molecule has 1 N–H and O–H groups in total. The molecule has 0 saturated heterocycles. The Kier molecular flexibility index (Phi) is 7.62. The first kappa shape index (κ1) is 15.7. The Morgan fingerprint density at radius 3 is 2.89 bits per heavy atom. The van der Waals surface area contributed by atoms with E-state index in [9.17, 15) is 8.78 Å². The molecule has 0 bridgehead atoms. The number of hydrogen-bond donors (Lipinski definition) is 1. The number of halogens is 3. The van der Waals surface area contributed by atoms with Crippen LogP contribution in [-0.2, 0) is 6.54 Å². The van der Waals surface area contributed by atoms with Crippen LogP contribution in [-0.4, -0.2) is 25.2 Å². The first-order valence-corrected chi connectivity index (χ1v) is 7.75. The molecule has 0 aliphatic carbocycles. The molecule has 18 heavy (non-hydrogen) atoms. The summed E-state index contributed by atoms with van der Waals surface area (Å²) in [7, 11) is 0. The van der Waals surface area contributed by atoms with Gasteiger partial charge in [-0.3, -0.25) is 0 Å². The van der Waals surface area contributed by atoms with Gasteiger partial charge in [-0.2, -0.15) is 20.5 Å². The molecule has 0 radical (unpaired) electrons. The lowest BCUT2D eigenvalue weighted by Crippen LogP contribution is -2.16. The maximum Gasteiger partial charge on any atom is 0.387 e.